The van der Waals surface area contributed by atoms with Crippen LogP contribution in [0.3, 0.4) is 0 Å². The normalized spacial score (nSPS) is 15.3. The van der Waals surface area contributed by atoms with E-state index in [4.69, 9.17) is 0 Å². The lowest BCUT2D eigenvalue weighted by atomic mass is 10.1. The van der Waals surface area contributed by atoms with Crippen molar-refractivity contribution >= 4 is 47.1 Å². The highest BCUT2D eigenvalue weighted by molar-refractivity contribution is 14.0. The monoisotopic (exact) mass is 499 g/mol. The number of aliphatic imine (C=N–C) groups is 1. The zero-order valence-corrected chi connectivity index (χ0v) is 19.3. The number of pyridine rings is 1. The van der Waals surface area contributed by atoms with E-state index in [1.54, 1.807) is 0 Å². The fraction of sp³-hybridized carbons (Fsp3) is 0.500. The second-order valence-corrected chi connectivity index (χ2v) is 7.95. The van der Waals surface area contributed by atoms with Crippen LogP contribution >= 0.6 is 35.3 Å². The summed E-state index contributed by atoms with van der Waals surface area (Å²) in [6.07, 6.45) is 5.62. The predicted molar refractivity (Wildman–Crippen MR) is 126 cm³/mol. The van der Waals surface area contributed by atoms with Crippen LogP contribution in [0.2, 0.25) is 0 Å². The molecule has 7 heteroatoms. The van der Waals surface area contributed by atoms with Gasteiger partial charge in [0.15, 0.2) is 5.96 Å². The number of hydrogen-bond donors (Lipinski definition) is 2. The smallest absolute Gasteiger partial charge is 0.191 e. The van der Waals surface area contributed by atoms with E-state index in [0.29, 0.717) is 5.92 Å². The Morgan fingerprint density at radius 3 is 2.70 bits per heavy atom. The van der Waals surface area contributed by atoms with Gasteiger partial charge in [-0.25, -0.2) is 4.98 Å². The molecule has 5 nitrogen and oxygen atoms in total. The molecule has 2 aromatic rings. The molecule has 0 radical (unpaired) electrons. The van der Waals surface area contributed by atoms with E-state index in [1.807, 2.05) is 24.6 Å². The van der Waals surface area contributed by atoms with Crippen LogP contribution in [0.4, 0.5) is 5.82 Å². The fourth-order valence-corrected chi connectivity index (χ4v) is 4.05. The molecular weight excluding hydrogens is 469 g/mol. The van der Waals surface area contributed by atoms with E-state index in [2.05, 4.69) is 62.1 Å². The first-order valence-electron chi connectivity index (χ1n) is 9.41. The Labute approximate surface area is 183 Å². The molecule has 148 valence electrons. The quantitative estimate of drug-likeness (QED) is 0.345. The topological polar surface area (TPSA) is 52.6 Å². The van der Waals surface area contributed by atoms with Crippen molar-refractivity contribution in [2.45, 2.75) is 32.7 Å². The first-order chi connectivity index (χ1) is 12.7. The van der Waals surface area contributed by atoms with Gasteiger partial charge in [0.1, 0.15) is 5.82 Å². The summed E-state index contributed by atoms with van der Waals surface area (Å²) in [6.45, 7) is 6.16. The molecule has 2 N–H and O–H groups in total. The summed E-state index contributed by atoms with van der Waals surface area (Å²) in [6, 6.07) is 8.60. The van der Waals surface area contributed by atoms with Crippen molar-refractivity contribution < 1.29 is 0 Å². The molecule has 0 aliphatic carbocycles. The van der Waals surface area contributed by atoms with Gasteiger partial charge >= 0.3 is 0 Å². The van der Waals surface area contributed by atoms with Crippen molar-refractivity contribution in [1.29, 1.82) is 0 Å². The summed E-state index contributed by atoms with van der Waals surface area (Å²) in [4.78, 5) is 12.7. The minimum atomic E-state index is 0. The number of guanidine groups is 1. The van der Waals surface area contributed by atoms with Crippen LogP contribution in [-0.2, 0) is 13.0 Å². The Hall–Kier alpha value is -1.35. The molecule has 0 aromatic carbocycles. The molecule has 0 spiro atoms. The van der Waals surface area contributed by atoms with Crippen LogP contribution in [0.5, 0.6) is 0 Å². The molecule has 1 fully saturated rings. The highest BCUT2D eigenvalue weighted by atomic mass is 127. The van der Waals surface area contributed by atoms with Gasteiger partial charge in [-0.05, 0) is 48.3 Å². The standard InChI is InChI=1S/C20H29N5S.HI/c1-16(12-18-6-5-11-26-18)13-23-20(21-2)24-15-17-7-8-19(22-14-17)25-9-3-4-10-25;/h5-8,11,14,16H,3-4,9-10,12-13,15H2,1-2H3,(H2,21,23,24);1H. The molecular formula is C20H30IN5S. The average Bonchev–Trinajstić information content (AvgIpc) is 3.36. The van der Waals surface area contributed by atoms with Gasteiger partial charge in [0.25, 0.3) is 0 Å². The average molecular weight is 499 g/mol. The molecule has 0 amide bonds. The fourth-order valence-electron chi connectivity index (χ4n) is 3.18. The number of hydrogen-bond acceptors (Lipinski definition) is 4. The lowest BCUT2D eigenvalue weighted by molar-refractivity contribution is 0.562. The molecule has 3 heterocycles. The maximum Gasteiger partial charge on any atom is 0.191 e. The van der Waals surface area contributed by atoms with Crippen molar-refractivity contribution in [3.63, 3.8) is 0 Å². The molecule has 1 saturated heterocycles. The zero-order chi connectivity index (χ0) is 18.2. The highest BCUT2D eigenvalue weighted by Crippen LogP contribution is 2.17. The Balaban J connectivity index is 0.00000261. The van der Waals surface area contributed by atoms with E-state index in [-0.39, 0.29) is 24.0 Å². The maximum atomic E-state index is 4.61. The van der Waals surface area contributed by atoms with Crippen molar-refractivity contribution in [2.24, 2.45) is 10.9 Å². The highest BCUT2D eigenvalue weighted by Gasteiger charge is 2.13. The van der Waals surface area contributed by atoms with Crippen molar-refractivity contribution in [1.82, 2.24) is 15.6 Å². The summed E-state index contributed by atoms with van der Waals surface area (Å²) in [5, 5.41) is 8.94. The van der Waals surface area contributed by atoms with E-state index < -0.39 is 0 Å². The largest absolute Gasteiger partial charge is 0.357 e. The Kier molecular flexibility index (Phi) is 9.33. The number of aromatic nitrogens is 1. The third kappa shape index (κ3) is 6.95. The third-order valence-corrected chi connectivity index (χ3v) is 5.57. The van der Waals surface area contributed by atoms with Gasteiger partial charge in [-0.2, -0.15) is 0 Å². The molecule has 3 rings (SSSR count). The van der Waals surface area contributed by atoms with Gasteiger partial charge in [-0.3, -0.25) is 4.99 Å². The maximum absolute atomic E-state index is 4.61. The molecule has 1 aliphatic rings. The third-order valence-electron chi connectivity index (χ3n) is 4.67. The van der Waals surface area contributed by atoms with Crippen LogP contribution in [0.25, 0.3) is 0 Å². The van der Waals surface area contributed by atoms with Crippen molar-refractivity contribution in [2.75, 3.05) is 31.6 Å². The van der Waals surface area contributed by atoms with Gasteiger partial charge in [0.2, 0.25) is 0 Å². The number of rotatable bonds is 7. The Bertz CT molecular complexity index is 681. The lowest BCUT2D eigenvalue weighted by Crippen LogP contribution is -2.39. The SMILES string of the molecule is CN=C(NCc1ccc(N2CCCC2)nc1)NCC(C)Cc1cccs1.I. The molecule has 1 aliphatic heterocycles. The minimum Gasteiger partial charge on any atom is -0.357 e. The van der Waals surface area contributed by atoms with Crippen molar-refractivity contribution in [3.05, 3.63) is 46.3 Å². The number of nitrogens with one attached hydrogen (secondary N) is 2. The van der Waals surface area contributed by atoms with Crippen LogP contribution in [0.1, 0.15) is 30.2 Å². The lowest BCUT2D eigenvalue weighted by Gasteiger charge is -2.17. The van der Waals surface area contributed by atoms with Gasteiger partial charge in [-0.15, -0.1) is 35.3 Å². The number of thiophene rings is 1. The van der Waals surface area contributed by atoms with Gasteiger partial charge < -0.3 is 15.5 Å². The summed E-state index contributed by atoms with van der Waals surface area (Å²) in [5.41, 5.74) is 1.17. The first kappa shape index (κ1) is 21.9. The van der Waals surface area contributed by atoms with Crippen LogP contribution in [-0.4, -0.2) is 37.6 Å². The predicted octanol–water partition coefficient (Wildman–Crippen LogP) is 3.91. The van der Waals surface area contributed by atoms with Crippen LogP contribution < -0.4 is 15.5 Å². The molecule has 27 heavy (non-hydrogen) atoms. The van der Waals surface area contributed by atoms with E-state index in [9.17, 15) is 0 Å². The molecule has 2 aromatic heterocycles. The summed E-state index contributed by atoms with van der Waals surface area (Å²) in [5.74, 6) is 2.50. The van der Waals surface area contributed by atoms with E-state index >= 15 is 0 Å². The molecule has 1 unspecified atom stereocenters. The second-order valence-electron chi connectivity index (χ2n) is 6.91. The van der Waals surface area contributed by atoms with E-state index in [1.165, 1.54) is 23.3 Å². The van der Waals surface area contributed by atoms with Gasteiger partial charge in [0, 0.05) is 44.3 Å². The molecule has 0 saturated carbocycles. The molecule has 0 bridgehead atoms. The molecule has 1 atom stereocenters. The van der Waals surface area contributed by atoms with Crippen LogP contribution in [0, 0.1) is 5.92 Å². The summed E-state index contributed by atoms with van der Waals surface area (Å²) < 4.78 is 0. The Morgan fingerprint density at radius 2 is 2.07 bits per heavy atom. The summed E-state index contributed by atoms with van der Waals surface area (Å²) >= 11 is 1.82. The number of anilines is 1. The number of nitrogens with zero attached hydrogens (tertiary/aromatic N) is 3. The van der Waals surface area contributed by atoms with Crippen molar-refractivity contribution in [3.8, 4) is 0 Å². The van der Waals surface area contributed by atoms with Crippen LogP contribution in [0.15, 0.2) is 40.8 Å². The van der Waals surface area contributed by atoms with Gasteiger partial charge in [0.05, 0.1) is 0 Å². The first-order valence-corrected chi connectivity index (χ1v) is 10.3. The number of halogens is 1. The zero-order valence-electron chi connectivity index (χ0n) is 16.1. The van der Waals surface area contributed by atoms with E-state index in [0.717, 1.165) is 44.4 Å². The Morgan fingerprint density at radius 1 is 1.26 bits per heavy atom. The minimum absolute atomic E-state index is 0. The second kappa shape index (κ2) is 11.5. The summed E-state index contributed by atoms with van der Waals surface area (Å²) in [7, 11) is 1.81. The van der Waals surface area contributed by atoms with Gasteiger partial charge in [-0.1, -0.05) is 19.1 Å².